The van der Waals surface area contributed by atoms with Gasteiger partial charge in [0.05, 0.1) is 32.0 Å². The summed E-state index contributed by atoms with van der Waals surface area (Å²) in [6.07, 6.45) is 3.94. The fourth-order valence-corrected chi connectivity index (χ4v) is 13.2. The molecule has 9 rings (SSSR count). The van der Waals surface area contributed by atoms with E-state index in [1.165, 1.54) is 6.08 Å². The van der Waals surface area contributed by atoms with Gasteiger partial charge in [0.2, 0.25) is 35.1 Å². The Bertz CT molecular complexity index is 4350. The predicted molar refractivity (Wildman–Crippen MR) is 428 cm³/mol. The summed E-state index contributed by atoms with van der Waals surface area (Å²) in [4.78, 5) is 116. The van der Waals surface area contributed by atoms with Crippen molar-refractivity contribution in [2.75, 3.05) is 14.2 Å². The van der Waals surface area contributed by atoms with E-state index in [1.54, 1.807) is 76.5 Å². The van der Waals surface area contributed by atoms with Crippen LogP contribution < -0.4 is 25.4 Å². The fourth-order valence-electron chi connectivity index (χ4n) is 13.2. The molecule has 113 heavy (non-hydrogen) atoms. The zero-order chi connectivity index (χ0) is 83.6. The predicted octanol–water partition coefficient (Wildman–Crippen LogP) is 14.7. The van der Waals surface area contributed by atoms with Gasteiger partial charge in [0, 0.05) is 41.5 Å². The average molecular weight is 1560 g/mol. The SMILES string of the molecule is C=CC[C@@H](C(=O)N[C@H](C(=O)OCc1ccccc1)C(C)(C)C)[C@@H]1OC(C)(C)OC1=O.COc1cccc(-c2ccc(/C=C/C[C@@H](C(=O)N[C@H](C(=O)OCc3ccccc3)C(C)(C)C)C3OC(C)(C)OC3=O)cc2C)c1.COc1cccc(-c2ccc(CCC[C@@H](C(=O)N[C@H](C(=O)O)C(C)(C)C)C3OC(C)(C)OC3=O)cc2C)c1. The van der Waals surface area contributed by atoms with E-state index in [9.17, 15) is 48.3 Å². The van der Waals surface area contributed by atoms with Crippen molar-refractivity contribution in [1.29, 1.82) is 0 Å². The lowest BCUT2D eigenvalue weighted by Gasteiger charge is -2.31. The number of carbonyl (C=O) groups excluding carboxylic acids is 8. The summed E-state index contributed by atoms with van der Waals surface area (Å²) in [5, 5.41) is 17.9. The molecule has 6 aromatic carbocycles. The highest BCUT2D eigenvalue weighted by Crippen LogP contribution is 2.37. The van der Waals surface area contributed by atoms with Crippen molar-refractivity contribution in [3.63, 3.8) is 0 Å². The first kappa shape index (κ1) is 89.7. The molecule has 9 atom stereocenters. The highest BCUT2D eigenvalue weighted by atomic mass is 16.8. The number of ether oxygens (including phenoxy) is 10. The lowest BCUT2D eigenvalue weighted by molar-refractivity contribution is -0.164. The van der Waals surface area contributed by atoms with E-state index in [0.717, 1.165) is 67.1 Å². The van der Waals surface area contributed by atoms with Gasteiger partial charge in [0.1, 0.15) is 42.8 Å². The number of hydrogen-bond donors (Lipinski definition) is 4. The zero-order valence-corrected chi connectivity index (χ0v) is 68.6. The number of hydrogen-bond acceptors (Lipinski definition) is 19. The topological polar surface area (TPSA) is 302 Å². The van der Waals surface area contributed by atoms with Crippen LogP contribution in [0.25, 0.3) is 28.3 Å². The number of benzene rings is 6. The maximum Gasteiger partial charge on any atom is 0.338 e. The largest absolute Gasteiger partial charge is 0.497 e. The van der Waals surface area contributed by atoms with Crippen molar-refractivity contribution >= 4 is 59.6 Å². The molecule has 3 aliphatic rings. The maximum absolute atomic E-state index is 13.8. The Balaban J connectivity index is 0.000000240. The number of aliphatic carboxylic acids is 1. The molecule has 4 N–H and O–H groups in total. The second-order valence-corrected chi connectivity index (χ2v) is 33.1. The molecule has 6 aromatic rings. The van der Waals surface area contributed by atoms with Gasteiger partial charge in [0.15, 0.2) is 18.3 Å². The van der Waals surface area contributed by atoms with Gasteiger partial charge < -0.3 is 68.4 Å². The smallest absolute Gasteiger partial charge is 0.338 e. The minimum absolute atomic E-state index is 0.0799. The van der Waals surface area contributed by atoms with Crippen LogP contribution in [0.3, 0.4) is 0 Å². The molecule has 23 nitrogen and oxygen atoms in total. The third-order valence-corrected chi connectivity index (χ3v) is 19.1. The molecule has 0 saturated carbocycles. The minimum atomic E-state index is -1.17. The van der Waals surface area contributed by atoms with Crippen molar-refractivity contribution in [3.8, 4) is 33.8 Å². The van der Waals surface area contributed by atoms with Gasteiger partial charge in [-0.3, -0.25) is 14.4 Å². The van der Waals surface area contributed by atoms with Crippen molar-refractivity contribution < 1.29 is 95.6 Å². The summed E-state index contributed by atoms with van der Waals surface area (Å²) in [5.74, 6) is -10.2. The van der Waals surface area contributed by atoms with E-state index < -0.39 is 141 Å². The Kier molecular flexibility index (Phi) is 30.8. The number of aryl methyl sites for hydroxylation is 3. The molecule has 3 amide bonds. The number of carboxylic acids is 1. The van der Waals surface area contributed by atoms with E-state index in [4.69, 9.17) is 47.4 Å². The molecule has 0 radical (unpaired) electrons. The third-order valence-electron chi connectivity index (χ3n) is 19.1. The first-order valence-corrected chi connectivity index (χ1v) is 38.0. The lowest BCUT2D eigenvalue weighted by atomic mass is 9.85. The Hall–Kier alpha value is -10.5. The van der Waals surface area contributed by atoms with Crippen molar-refractivity contribution in [2.45, 2.75) is 217 Å². The summed E-state index contributed by atoms with van der Waals surface area (Å²) in [6.45, 7) is 33.9. The molecule has 0 aromatic heterocycles. The maximum atomic E-state index is 13.8. The van der Waals surface area contributed by atoms with Gasteiger partial charge in [-0.15, -0.1) is 6.58 Å². The number of rotatable bonds is 29. The molecule has 608 valence electrons. The fraction of sp³-hybridized carbons (Fsp3) is 0.456. The molecule has 3 aliphatic heterocycles. The van der Waals surface area contributed by atoms with Gasteiger partial charge in [-0.1, -0.05) is 202 Å². The van der Waals surface area contributed by atoms with Crippen molar-refractivity contribution in [2.24, 2.45) is 34.0 Å². The van der Waals surface area contributed by atoms with Gasteiger partial charge >= 0.3 is 35.8 Å². The highest BCUT2D eigenvalue weighted by Gasteiger charge is 2.52. The van der Waals surface area contributed by atoms with Crippen LogP contribution in [-0.2, 0) is 101 Å². The molecule has 0 aliphatic carbocycles. The van der Waals surface area contributed by atoms with E-state index in [2.05, 4.69) is 53.7 Å². The number of carbonyl (C=O) groups is 9. The molecular weight excluding hydrogens is 1440 g/mol. The number of esters is 5. The molecule has 2 unspecified atom stereocenters. The third kappa shape index (κ3) is 26.0. The molecule has 3 fully saturated rings. The number of methoxy groups -OCH3 is 2. The standard InChI is InChI=1S/C37H43NO7.C30H39NO7.C23H31NO6/c1-24-21-25(19-20-29(24)27-16-12-17-28(22-27)42-7)15-11-18-30(31-34(40)45-37(5,6)44-31)33(39)38-32(36(2,3)4)35(41)43-23-26-13-9-8-10-14-26;1-18-16-19(14-15-22(18)20-11-9-12-21(17-20)36-7)10-8-13-23(24-28(35)38-30(5,6)37-24)26(32)31-25(27(33)34)29(2,3)4;1-7-11-16(17-20(26)30-23(5,6)29-17)19(25)24-18(22(2,3)4)21(27)28-14-15-12-9-8-10-13-15/h8-17,19-22,30-32H,18,23H2,1-7H3,(H,38,39);9,11-12,14-17,23-25H,8,10,13H2,1-7H3,(H,31,32)(H,33,34);7-10,12-13,16-18H,1,11,14H2,2-6H3,(H,24,25)/b15-11+;;/t30-,31?,32-;23-,24?,25-;16-,17+,18-/m111/s1. The quantitative estimate of drug-likeness (QED) is 0.0193. The van der Waals surface area contributed by atoms with Crippen LogP contribution >= 0.6 is 0 Å². The van der Waals surface area contributed by atoms with Crippen LogP contribution in [-0.4, -0.2) is 127 Å². The van der Waals surface area contributed by atoms with Crippen LogP contribution in [0.4, 0.5) is 0 Å². The van der Waals surface area contributed by atoms with Crippen molar-refractivity contribution in [1.82, 2.24) is 16.0 Å². The Morgan fingerprint density at radius 1 is 0.487 bits per heavy atom. The lowest BCUT2D eigenvalue weighted by Crippen LogP contribution is -2.53. The zero-order valence-electron chi connectivity index (χ0n) is 68.6. The number of carboxylic acid groups (broad SMARTS) is 1. The minimum Gasteiger partial charge on any atom is -0.497 e. The van der Waals surface area contributed by atoms with Crippen LogP contribution in [0.2, 0.25) is 0 Å². The number of nitrogens with one attached hydrogen (secondary N) is 3. The molecule has 3 saturated heterocycles. The molecule has 0 bridgehead atoms. The van der Waals surface area contributed by atoms with Gasteiger partial charge in [0.25, 0.3) is 0 Å². The molecule has 3 heterocycles. The van der Waals surface area contributed by atoms with Gasteiger partial charge in [-0.25, -0.2) is 28.8 Å². The number of allylic oxidation sites excluding steroid dienone is 2. The molecule has 0 spiro atoms. The highest BCUT2D eigenvalue weighted by molar-refractivity contribution is 5.93. The number of amides is 3. The van der Waals surface area contributed by atoms with Crippen LogP contribution in [0, 0.1) is 47.8 Å². The second kappa shape index (κ2) is 38.8. The van der Waals surface area contributed by atoms with Crippen LogP contribution in [0.5, 0.6) is 11.5 Å². The monoisotopic (exact) mass is 1560 g/mol. The van der Waals surface area contributed by atoms with E-state index >= 15 is 0 Å². The molecular formula is C90H113N3O20. The van der Waals surface area contributed by atoms with Gasteiger partial charge in [-0.05, 0) is 142 Å². The summed E-state index contributed by atoms with van der Waals surface area (Å²) < 4.78 is 54.9. The van der Waals surface area contributed by atoms with Crippen molar-refractivity contribution in [3.05, 3.63) is 198 Å². The second-order valence-electron chi connectivity index (χ2n) is 33.1. The number of cyclic esters (lactones) is 3. The Morgan fingerprint density at radius 3 is 1.25 bits per heavy atom. The Morgan fingerprint density at radius 2 is 0.876 bits per heavy atom. The molecule has 23 heteroatoms. The Labute approximate surface area is 664 Å². The van der Waals surface area contributed by atoms with E-state index in [1.807, 2.05) is 182 Å². The van der Waals surface area contributed by atoms with E-state index in [-0.39, 0.29) is 26.1 Å². The van der Waals surface area contributed by atoms with Crippen LogP contribution in [0.15, 0.2) is 164 Å². The average Bonchev–Trinajstić information content (AvgIpc) is 1.68. The summed E-state index contributed by atoms with van der Waals surface area (Å²) in [7, 11) is 3.29. The van der Waals surface area contributed by atoms with E-state index in [0.29, 0.717) is 19.3 Å². The first-order chi connectivity index (χ1) is 52.9. The first-order valence-electron chi connectivity index (χ1n) is 38.0. The summed E-state index contributed by atoms with van der Waals surface area (Å²) in [5.41, 5.74) is 8.22. The normalized spacial score (nSPS) is 18.4. The van der Waals surface area contributed by atoms with Crippen LogP contribution in [0.1, 0.15) is 163 Å². The summed E-state index contributed by atoms with van der Waals surface area (Å²) in [6, 6.07) is 43.8. The summed E-state index contributed by atoms with van der Waals surface area (Å²) >= 11 is 0. The van der Waals surface area contributed by atoms with Gasteiger partial charge in [-0.2, -0.15) is 0 Å².